The van der Waals surface area contributed by atoms with Gasteiger partial charge in [0, 0.05) is 12.8 Å². The lowest BCUT2D eigenvalue weighted by atomic mass is 10.0. The van der Waals surface area contributed by atoms with E-state index in [0.29, 0.717) is 12.8 Å². The summed E-state index contributed by atoms with van der Waals surface area (Å²) in [5.74, 6) is -0.596. The maximum Gasteiger partial charge on any atom is 0.306 e. The monoisotopic (exact) mass is 863 g/mol. The third-order valence-electron chi connectivity index (χ3n) is 11.2. The molecule has 0 aromatic carbocycles. The Hall–Kier alpha value is -2.92. The van der Waals surface area contributed by atoms with Crippen molar-refractivity contribution in [1.82, 2.24) is 0 Å². The average molecular weight is 863 g/mol. The van der Waals surface area contributed by atoms with Gasteiger partial charge >= 0.3 is 11.9 Å². The molecule has 0 aromatic heterocycles. The number of esters is 2. The van der Waals surface area contributed by atoms with Crippen LogP contribution in [0.4, 0.5) is 0 Å². The summed E-state index contributed by atoms with van der Waals surface area (Å²) in [6, 6.07) is 0. The summed E-state index contributed by atoms with van der Waals surface area (Å²) in [4.78, 5) is 24.5. The second-order valence-electron chi connectivity index (χ2n) is 17.2. The summed E-state index contributed by atoms with van der Waals surface area (Å²) in [5, 5.41) is 9.63. The summed E-state index contributed by atoms with van der Waals surface area (Å²) in [5.41, 5.74) is 0. The molecule has 0 rings (SSSR count). The summed E-state index contributed by atoms with van der Waals surface area (Å²) >= 11 is 0. The second-order valence-corrected chi connectivity index (χ2v) is 17.2. The Morgan fingerprint density at radius 2 is 0.694 bits per heavy atom. The Bertz CT molecular complexity index is 1160. The first-order chi connectivity index (χ1) is 30.6. The number of ether oxygens (including phenoxy) is 2. The molecule has 0 saturated carbocycles. The SMILES string of the molecule is CC/C=C\C/C=C\C/C=C\C/C=C\C/C=C\C/C=C\CCCCCCCCCCCCC(=O)OC(CO)COC(=O)CCCCCCCCCCC/C=C\CCCCCCCC. The largest absolute Gasteiger partial charge is 0.462 e. The average Bonchev–Trinajstić information content (AvgIpc) is 3.28. The zero-order valence-corrected chi connectivity index (χ0v) is 40.6. The van der Waals surface area contributed by atoms with Crippen LogP contribution in [0.15, 0.2) is 85.1 Å². The zero-order valence-electron chi connectivity index (χ0n) is 40.6. The molecule has 1 unspecified atom stereocenters. The van der Waals surface area contributed by atoms with Gasteiger partial charge in [-0.05, 0) is 89.9 Å². The molecule has 0 radical (unpaired) electrons. The molecule has 0 aliphatic heterocycles. The van der Waals surface area contributed by atoms with Crippen molar-refractivity contribution in [2.45, 2.75) is 251 Å². The van der Waals surface area contributed by atoms with Crippen LogP contribution >= 0.6 is 0 Å². The highest BCUT2D eigenvalue weighted by molar-refractivity contribution is 5.70. The molecule has 0 heterocycles. The Morgan fingerprint density at radius 1 is 0.387 bits per heavy atom. The van der Waals surface area contributed by atoms with Crippen LogP contribution < -0.4 is 0 Å². The van der Waals surface area contributed by atoms with Crippen molar-refractivity contribution in [2.75, 3.05) is 13.2 Å². The number of allylic oxidation sites excluding steroid dienone is 14. The number of carbonyl (C=O) groups is 2. The van der Waals surface area contributed by atoms with Crippen molar-refractivity contribution in [3.8, 4) is 0 Å². The first-order valence-electron chi connectivity index (χ1n) is 26.1. The lowest BCUT2D eigenvalue weighted by Crippen LogP contribution is -2.28. The molecule has 5 nitrogen and oxygen atoms in total. The molecule has 0 bridgehead atoms. The summed E-state index contributed by atoms with van der Waals surface area (Å²) in [6.45, 7) is 4.03. The number of hydrogen-bond acceptors (Lipinski definition) is 5. The summed E-state index contributed by atoms with van der Waals surface area (Å²) in [7, 11) is 0. The van der Waals surface area contributed by atoms with Gasteiger partial charge in [0.15, 0.2) is 6.10 Å². The molecule has 0 aromatic rings. The maximum atomic E-state index is 12.3. The predicted octanol–water partition coefficient (Wildman–Crippen LogP) is 17.4. The van der Waals surface area contributed by atoms with E-state index in [1.54, 1.807) is 0 Å². The van der Waals surface area contributed by atoms with Gasteiger partial charge in [0.25, 0.3) is 0 Å². The van der Waals surface area contributed by atoms with Crippen LogP contribution in [0.5, 0.6) is 0 Å². The van der Waals surface area contributed by atoms with E-state index in [0.717, 1.165) is 77.0 Å². The molecule has 0 fully saturated rings. The molecular formula is C57H98O5. The lowest BCUT2D eigenvalue weighted by molar-refractivity contribution is -0.161. The smallest absolute Gasteiger partial charge is 0.306 e. The summed E-state index contributed by atoms with van der Waals surface area (Å²) < 4.78 is 10.7. The molecule has 0 saturated heterocycles. The van der Waals surface area contributed by atoms with Crippen LogP contribution in [-0.4, -0.2) is 36.4 Å². The minimum absolute atomic E-state index is 0.0709. The van der Waals surface area contributed by atoms with E-state index in [1.807, 2.05) is 0 Å². The first kappa shape index (κ1) is 59.1. The van der Waals surface area contributed by atoms with Gasteiger partial charge in [-0.2, -0.15) is 0 Å². The molecule has 356 valence electrons. The van der Waals surface area contributed by atoms with Gasteiger partial charge in [0.1, 0.15) is 6.61 Å². The van der Waals surface area contributed by atoms with Crippen LogP contribution in [0.25, 0.3) is 0 Å². The zero-order chi connectivity index (χ0) is 44.9. The fourth-order valence-electron chi connectivity index (χ4n) is 7.26. The van der Waals surface area contributed by atoms with Crippen LogP contribution in [0.3, 0.4) is 0 Å². The second kappa shape index (κ2) is 52.4. The molecule has 5 heteroatoms. The number of carbonyl (C=O) groups excluding carboxylic acids is 2. The third kappa shape index (κ3) is 49.7. The van der Waals surface area contributed by atoms with Crippen molar-refractivity contribution in [2.24, 2.45) is 0 Å². The van der Waals surface area contributed by atoms with Crippen LogP contribution in [0.2, 0.25) is 0 Å². The fraction of sp³-hybridized carbons (Fsp3) is 0.719. The summed E-state index contributed by atoms with van der Waals surface area (Å²) in [6.07, 6.45) is 72.5. The molecule has 0 spiro atoms. The molecule has 0 amide bonds. The quantitative estimate of drug-likeness (QED) is 0.0375. The van der Waals surface area contributed by atoms with E-state index in [2.05, 4.69) is 98.9 Å². The third-order valence-corrected chi connectivity index (χ3v) is 11.2. The van der Waals surface area contributed by atoms with Gasteiger partial charge in [0.2, 0.25) is 0 Å². The van der Waals surface area contributed by atoms with E-state index in [1.165, 1.54) is 141 Å². The van der Waals surface area contributed by atoms with Crippen LogP contribution in [-0.2, 0) is 19.1 Å². The van der Waals surface area contributed by atoms with Gasteiger partial charge in [-0.1, -0.05) is 227 Å². The molecule has 62 heavy (non-hydrogen) atoms. The normalized spacial score (nSPS) is 12.9. The van der Waals surface area contributed by atoms with Gasteiger partial charge in [-0.15, -0.1) is 0 Å². The Morgan fingerprint density at radius 3 is 1.06 bits per heavy atom. The maximum absolute atomic E-state index is 12.3. The minimum Gasteiger partial charge on any atom is -0.462 e. The van der Waals surface area contributed by atoms with E-state index in [-0.39, 0.29) is 25.2 Å². The molecule has 1 N–H and O–H groups in total. The van der Waals surface area contributed by atoms with Gasteiger partial charge in [0.05, 0.1) is 6.61 Å². The highest BCUT2D eigenvalue weighted by atomic mass is 16.6. The lowest BCUT2D eigenvalue weighted by Gasteiger charge is -2.15. The standard InChI is InChI=1S/C57H98O5/c1-3-5-7-9-11-13-15-17-19-21-23-24-25-26-27-28-29-30-31-32-34-36-38-40-42-44-46-48-50-52-57(60)62-55(53-58)54-61-56(59)51-49-47-45-43-41-39-37-35-33-22-20-18-16-14-12-10-8-6-4-2/h5,7,11,13,17-20,23-24,26-27,29-30,55,58H,3-4,6,8-10,12,14-16,21-22,25,28,31-54H2,1-2H3/b7-5-,13-11-,19-17-,20-18-,24-23-,27-26-,30-29-. The molecule has 1 atom stereocenters. The van der Waals surface area contributed by atoms with Crippen molar-refractivity contribution < 1.29 is 24.2 Å². The van der Waals surface area contributed by atoms with E-state index in [9.17, 15) is 14.7 Å². The minimum atomic E-state index is -0.779. The van der Waals surface area contributed by atoms with Crippen molar-refractivity contribution in [3.63, 3.8) is 0 Å². The number of hydrogen-bond donors (Lipinski definition) is 1. The highest BCUT2D eigenvalue weighted by Gasteiger charge is 2.16. The topological polar surface area (TPSA) is 72.8 Å². The fourth-order valence-corrected chi connectivity index (χ4v) is 7.26. The van der Waals surface area contributed by atoms with Crippen molar-refractivity contribution >= 4 is 11.9 Å². The van der Waals surface area contributed by atoms with E-state index in [4.69, 9.17) is 9.47 Å². The van der Waals surface area contributed by atoms with Crippen LogP contribution in [0, 0.1) is 0 Å². The van der Waals surface area contributed by atoms with E-state index >= 15 is 0 Å². The van der Waals surface area contributed by atoms with Crippen molar-refractivity contribution in [1.29, 1.82) is 0 Å². The van der Waals surface area contributed by atoms with Gasteiger partial charge in [-0.3, -0.25) is 9.59 Å². The highest BCUT2D eigenvalue weighted by Crippen LogP contribution is 2.15. The molecular weight excluding hydrogens is 765 g/mol. The number of aliphatic hydroxyl groups excluding tert-OH is 1. The number of unbranched alkanes of at least 4 members (excludes halogenated alkanes) is 25. The Balaban J connectivity index is 3.54. The predicted molar refractivity (Wildman–Crippen MR) is 269 cm³/mol. The Kier molecular flexibility index (Phi) is 50.0. The molecule has 0 aliphatic carbocycles. The Labute approximate surface area is 384 Å². The van der Waals surface area contributed by atoms with E-state index < -0.39 is 6.10 Å². The molecule has 0 aliphatic rings. The van der Waals surface area contributed by atoms with Gasteiger partial charge in [-0.25, -0.2) is 0 Å². The first-order valence-corrected chi connectivity index (χ1v) is 26.1. The number of aliphatic hydroxyl groups is 1. The van der Waals surface area contributed by atoms with Crippen molar-refractivity contribution in [3.05, 3.63) is 85.1 Å². The van der Waals surface area contributed by atoms with Crippen LogP contribution in [0.1, 0.15) is 245 Å². The van der Waals surface area contributed by atoms with Gasteiger partial charge < -0.3 is 14.6 Å². The number of rotatable bonds is 47.